The van der Waals surface area contributed by atoms with Gasteiger partial charge in [0.05, 0.1) is 52.4 Å². The number of carbonyl (C=O) groups excluding carboxylic acids is 9. The van der Waals surface area contributed by atoms with Crippen LogP contribution in [0, 0.1) is 0 Å². The number of carboxylic acids is 1. The summed E-state index contributed by atoms with van der Waals surface area (Å²) in [4.78, 5) is 174. The number of imidazole rings is 1. The molecule has 110 heavy (non-hydrogen) atoms. The molecule has 4 unspecified atom stereocenters. The molecule has 0 saturated carbocycles. The van der Waals surface area contributed by atoms with Crippen LogP contribution in [0.5, 0.6) is 5.75 Å². The Labute approximate surface area is 653 Å². The molecule has 3 saturated heterocycles. The van der Waals surface area contributed by atoms with E-state index in [1.165, 1.54) is 43.5 Å². The summed E-state index contributed by atoms with van der Waals surface area (Å²) in [6.07, 6.45) is -3.95. The van der Waals surface area contributed by atoms with Crippen LogP contribution in [-0.4, -0.2) is 298 Å². The molecule has 0 spiro atoms. The number of anilines is 2. The van der Waals surface area contributed by atoms with E-state index >= 15 is 0 Å². The predicted molar refractivity (Wildman–Crippen MR) is 382 cm³/mol. The van der Waals surface area contributed by atoms with Gasteiger partial charge in [-0.3, -0.25) is 61.0 Å². The van der Waals surface area contributed by atoms with E-state index in [0.717, 1.165) is 24.2 Å². The topological polar surface area (TPSA) is 540 Å². The minimum Gasteiger partial charge on any atom is -0.497 e. The number of aromatic nitrogens is 6. The van der Waals surface area contributed by atoms with Crippen LogP contribution < -0.4 is 47.6 Å². The van der Waals surface area contributed by atoms with Gasteiger partial charge in [0.2, 0.25) is 23.6 Å². The van der Waals surface area contributed by atoms with Crippen molar-refractivity contribution in [3.63, 3.8) is 0 Å². The molecule has 3 aliphatic heterocycles. The standard InChI is InChI=1S/C63H101N17O21P2.2CO2.Sc/c1-41(81)65-22-14-15-44(71-62(89)100-63(2,3)4)58(86)70-45(33-42-16-18-43(94-9)19-17-42)59(87)73-53-48(99-60(55(53)85)80-40-69-54-56(74(5)6)67-39-68-57(54)80)38-97-103(92,93)101-46-34-51(79-23-20-49(64)72-61(79)88)98-47(46)37-96-102(90,91)95-32-13-11-10-12-21-66-50(82)35-77-28-26-75(7)24-25-76(8)27-29-78(31-30-77)36-52(83)84;2*2-1-3;/h16-20,23,39-40,44-48,51,53,55,60,85H,10-15,21-22,24-38H2,1-9H3,(H,65,81)(H,66,82)(H,70,86)(H,71,89)(H,73,87)(H,83,84)(H,90,91)(H,92,93)(H2,64,72,88);;;/t44-,45+,46?,47-,48-,51-,53?,55+,60-;;;/m1.../s1/i;;;1-1. The molecule has 45 heteroatoms. The molecule has 0 bridgehead atoms. The number of methoxy groups -OCH3 is 1. The average molecular weight is 1630 g/mol. The summed E-state index contributed by atoms with van der Waals surface area (Å²) in [5, 5.41) is 35.5. The zero-order valence-corrected chi connectivity index (χ0v) is 66.5. The van der Waals surface area contributed by atoms with Crippen LogP contribution in [0.2, 0.25) is 0 Å². The van der Waals surface area contributed by atoms with E-state index in [1.54, 1.807) is 64.0 Å². The van der Waals surface area contributed by atoms with Crippen LogP contribution in [0.1, 0.15) is 90.7 Å². The number of amides is 5. The number of aliphatic carboxylic acids is 1. The minimum absolute atomic E-state index is 0. The van der Waals surface area contributed by atoms with Gasteiger partial charge in [-0.05, 0) is 84.3 Å². The molecular weight excluding hydrogens is 1520 g/mol. The van der Waals surface area contributed by atoms with Gasteiger partial charge in [0, 0.05) is 131 Å². The number of nitrogens with two attached hydrogens (primary N) is 1. The van der Waals surface area contributed by atoms with Gasteiger partial charge < -0.3 is 86.0 Å². The third-order valence-electron chi connectivity index (χ3n) is 17.0. The number of nitrogens with zero attached hydrogens (tertiary/aromatic N) is 11. The van der Waals surface area contributed by atoms with Crippen molar-refractivity contribution in [3.8, 4) is 5.75 Å². The van der Waals surface area contributed by atoms with E-state index in [-0.39, 0.29) is 113 Å². The smallest absolute Gasteiger partial charge is 0.472 e. The Bertz CT molecular complexity index is 3820. The summed E-state index contributed by atoms with van der Waals surface area (Å²) in [5.41, 5.74) is 4.90. The zero-order chi connectivity index (χ0) is 80.6. The third kappa shape index (κ3) is 32.9. The van der Waals surface area contributed by atoms with Gasteiger partial charge in [0.1, 0.15) is 66.2 Å². The first-order valence-electron chi connectivity index (χ1n) is 34.8. The fourth-order valence-corrected chi connectivity index (χ4v) is 13.2. The molecule has 1 aromatic carbocycles. The fourth-order valence-electron chi connectivity index (χ4n) is 11.5. The zero-order valence-electron chi connectivity index (χ0n) is 62.9. The molecule has 7 rings (SSSR count). The van der Waals surface area contributed by atoms with E-state index in [0.29, 0.717) is 87.6 Å². The van der Waals surface area contributed by atoms with E-state index in [9.17, 15) is 62.7 Å². The number of ether oxygens (including phenoxy) is 4. The van der Waals surface area contributed by atoms with Gasteiger partial charge in [0.15, 0.2) is 23.2 Å². The van der Waals surface area contributed by atoms with Crippen molar-refractivity contribution >= 4 is 86.4 Å². The van der Waals surface area contributed by atoms with Crippen molar-refractivity contribution in [2.45, 2.75) is 140 Å². The number of alkyl carbamates (subject to hydrolysis) is 1. The van der Waals surface area contributed by atoms with Gasteiger partial charge in [-0.1, -0.05) is 25.0 Å². The number of rotatable bonds is 35. The molecule has 42 nitrogen and oxygen atoms in total. The molecule has 3 aromatic heterocycles. The molecule has 4 aromatic rings. The first-order chi connectivity index (χ1) is 51.6. The number of unbranched alkanes of at least 4 members (excludes halogenated alkanes) is 3. The number of aliphatic hydroxyl groups excluding tert-OH is 1. The van der Waals surface area contributed by atoms with Gasteiger partial charge in [0.25, 0.3) is 0 Å². The summed E-state index contributed by atoms with van der Waals surface area (Å²) >= 11 is 0. The average Bonchev–Trinajstić information content (AvgIpc) is 1.66. The van der Waals surface area contributed by atoms with Crippen molar-refractivity contribution in [2.75, 3.05) is 144 Å². The van der Waals surface area contributed by atoms with Crippen LogP contribution >= 0.6 is 15.6 Å². The molecule has 11 atom stereocenters. The Morgan fingerprint density at radius 1 is 0.755 bits per heavy atom. The molecule has 3 fully saturated rings. The second kappa shape index (κ2) is 46.9. The summed E-state index contributed by atoms with van der Waals surface area (Å²) < 4.78 is 75.3. The van der Waals surface area contributed by atoms with Crippen LogP contribution in [-0.2, 0) is 117 Å². The number of hydrogen-bond acceptors (Lipinski definition) is 32. The number of fused-ring (bicyclic) bond motifs is 1. The van der Waals surface area contributed by atoms with Crippen LogP contribution in [0.25, 0.3) is 11.2 Å². The Morgan fingerprint density at radius 3 is 1.96 bits per heavy atom. The van der Waals surface area contributed by atoms with E-state index < -0.39 is 119 Å². The molecule has 0 aliphatic carbocycles. The Morgan fingerprint density at radius 2 is 1.35 bits per heavy atom. The van der Waals surface area contributed by atoms with E-state index in [4.69, 9.17) is 62.0 Å². The number of aliphatic hydroxyl groups is 1. The Hall–Kier alpha value is -7.76. The van der Waals surface area contributed by atoms with Gasteiger partial charge in [-0.15, -0.1) is 0 Å². The fraction of sp³-hybridized carbons (Fsp3) is 0.646. The number of likely N-dealkylation sites (N-methyl/N-ethyl adjacent to an activating group) is 2. The number of nitrogen functional groups attached to an aromatic ring is 1. The SMILES string of the molecule is COc1ccc(C[C@H](NC(=O)[C@@H](CCCNC(C)=O)NC(=O)OC(C)(C)C)C(=O)NC2[C@@H](COP(=O)(O)OC3C[C@H](n4ccc(N)nc4=O)O[C@@H]3COP(=O)(O)OCCCCCCNC(=O)CN3CCN(C)CCN(C)CCN(CC(=O)O)CC3)O[C@@H](n3cnc4c(N(C)C)ncnc43)[C@H]2O)cc1.O=C=O.O=C=O.[44Sc]. The number of phosphoric acid groups is 2. The monoisotopic (exact) mass is 1630 g/mol. The van der Waals surface area contributed by atoms with Gasteiger partial charge in [-0.25, -0.2) is 33.7 Å². The summed E-state index contributed by atoms with van der Waals surface area (Å²) in [6.45, 7) is 10.1. The maximum Gasteiger partial charge on any atom is 0.472 e. The Balaban J connectivity index is 0.00000353. The first-order valence-corrected chi connectivity index (χ1v) is 37.8. The number of carbonyl (C=O) groups is 6. The summed E-state index contributed by atoms with van der Waals surface area (Å²) in [7, 11) is -1.30. The minimum atomic E-state index is -5.38. The van der Waals surface area contributed by atoms with Crippen LogP contribution in [0.3, 0.4) is 0 Å². The normalized spacial score (nSPS) is 21.0. The van der Waals surface area contributed by atoms with Crippen molar-refractivity contribution in [3.05, 3.63) is 65.2 Å². The molecule has 609 valence electrons. The van der Waals surface area contributed by atoms with Gasteiger partial charge >= 0.3 is 45.7 Å². The second-order valence-corrected chi connectivity index (χ2v) is 29.7. The maximum absolute atomic E-state index is 15.0. The van der Waals surface area contributed by atoms with Crippen molar-refractivity contribution in [1.82, 2.24) is 75.3 Å². The van der Waals surface area contributed by atoms with Crippen molar-refractivity contribution in [1.29, 1.82) is 0 Å². The number of benzene rings is 1. The number of carboxylic acid groups (broad SMARTS) is 1. The summed E-state index contributed by atoms with van der Waals surface area (Å²) in [5.74, 6) is -2.39. The van der Waals surface area contributed by atoms with Crippen molar-refractivity contribution < 1.29 is 140 Å². The van der Waals surface area contributed by atoms with E-state index in [1.807, 2.05) is 23.9 Å². The molecule has 3 aliphatic rings. The summed E-state index contributed by atoms with van der Waals surface area (Å²) in [6, 6.07) is 3.52. The van der Waals surface area contributed by atoms with Crippen molar-refractivity contribution in [2.24, 2.45) is 0 Å². The number of hydrogen-bond donors (Lipinski definition) is 10. The molecule has 6 heterocycles. The molecule has 1 radical (unpaired) electrons. The Kier molecular flexibility index (Phi) is 40.4. The quantitative estimate of drug-likeness (QED) is 0.0195. The van der Waals surface area contributed by atoms with Crippen LogP contribution in [0.4, 0.5) is 16.4 Å². The molecular formula is C65H101N17O25P2Sc. The maximum atomic E-state index is 15.0. The number of phosphoric ester groups is 2. The molecule has 5 amide bonds. The predicted octanol–water partition coefficient (Wildman–Crippen LogP) is -0.984. The largest absolute Gasteiger partial charge is 0.497 e. The van der Waals surface area contributed by atoms with E-state index in [2.05, 4.69) is 56.3 Å². The van der Waals surface area contributed by atoms with Crippen LogP contribution in [0.15, 0.2) is 54.0 Å². The third-order valence-corrected chi connectivity index (χ3v) is 19.0. The first kappa shape index (κ1) is 94.6. The number of nitrogens with one attached hydrogen (secondary N) is 5. The van der Waals surface area contributed by atoms with Gasteiger partial charge in [-0.2, -0.15) is 24.2 Å². The second-order valence-electron chi connectivity index (χ2n) is 26.8. The molecule has 11 N–H and O–H groups in total.